The number of benzene rings is 2. The molecule has 2 N–H and O–H groups in total. The summed E-state index contributed by atoms with van der Waals surface area (Å²) >= 11 is 0. The van der Waals surface area contributed by atoms with Gasteiger partial charge in [0.25, 0.3) is 0 Å². The number of rotatable bonds is 9. The molecule has 1 saturated heterocycles. The summed E-state index contributed by atoms with van der Waals surface area (Å²) in [5.74, 6) is 0.445. The molecule has 0 aromatic heterocycles. The molecular weight excluding hydrogens is 453 g/mol. The number of amides is 2. The number of para-hydroxylation sites is 1. The van der Waals surface area contributed by atoms with Crippen LogP contribution < -0.4 is 10.6 Å². The minimum Gasteiger partial charge on any atom is -0.345 e. The summed E-state index contributed by atoms with van der Waals surface area (Å²) in [5.41, 5.74) is 3.65. The third kappa shape index (κ3) is 5.97. The maximum atomic E-state index is 13.7. The zero-order valence-corrected chi connectivity index (χ0v) is 21.4. The molecule has 2 aliphatic carbocycles. The standard InChI is InChI=1S/C30H38FN3O2/c1-19(2)21-9-11-22(12-10-21)28(33-30(36)25-17-26(25)31)24-5-3-4-6-27(24)32-29(35)23-13-15-34(16-14-23)18-20-7-8-20/h3-6,9-12,19-20,23,25-26,28H,7-8,13-18H2,1-2H3,(H,32,35)(H,33,36). The Morgan fingerprint density at radius 2 is 1.58 bits per heavy atom. The van der Waals surface area contributed by atoms with Gasteiger partial charge < -0.3 is 15.5 Å². The molecule has 0 bridgehead atoms. The first-order chi connectivity index (χ1) is 17.4. The van der Waals surface area contributed by atoms with Crippen molar-refractivity contribution in [1.82, 2.24) is 10.2 Å². The van der Waals surface area contributed by atoms with Crippen LogP contribution in [0.5, 0.6) is 0 Å². The van der Waals surface area contributed by atoms with Crippen LogP contribution in [0.3, 0.4) is 0 Å². The molecule has 0 radical (unpaired) electrons. The molecule has 1 heterocycles. The second-order valence-electron chi connectivity index (χ2n) is 11.2. The largest absolute Gasteiger partial charge is 0.345 e. The van der Waals surface area contributed by atoms with E-state index in [1.165, 1.54) is 24.9 Å². The van der Waals surface area contributed by atoms with Crippen LogP contribution in [0.1, 0.15) is 74.6 Å². The van der Waals surface area contributed by atoms with Crippen molar-refractivity contribution in [3.63, 3.8) is 0 Å². The van der Waals surface area contributed by atoms with Crippen LogP contribution in [0, 0.1) is 17.8 Å². The van der Waals surface area contributed by atoms with Gasteiger partial charge in [-0.25, -0.2) is 4.39 Å². The third-order valence-corrected chi connectivity index (χ3v) is 7.97. The van der Waals surface area contributed by atoms with Gasteiger partial charge in [-0.05, 0) is 74.2 Å². The predicted molar refractivity (Wildman–Crippen MR) is 140 cm³/mol. The Hall–Kier alpha value is -2.73. The Balaban J connectivity index is 1.33. The zero-order valence-electron chi connectivity index (χ0n) is 21.4. The van der Waals surface area contributed by atoms with E-state index in [1.807, 2.05) is 36.4 Å². The fourth-order valence-corrected chi connectivity index (χ4v) is 5.24. The number of nitrogens with one attached hydrogen (secondary N) is 2. The average Bonchev–Trinajstić information content (AvgIpc) is 3.82. The molecule has 5 nitrogen and oxygen atoms in total. The summed E-state index contributed by atoms with van der Waals surface area (Å²) in [4.78, 5) is 28.6. The van der Waals surface area contributed by atoms with E-state index in [0.29, 0.717) is 11.6 Å². The van der Waals surface area contributed by atoms with Gasteiger partial charge in [-0.3, -0.25) is 9.59 Å². The van der Waals surface area contributed by atoms with Crippen LogP contribution in [0.4, 0.5) is 10.1 Å². The van der Waals surface area contributed by atoms with Gasteiger partial charge in [0.05, 0.1) is 12.0 Å². The summed E-state index contributed by atoms with van der Waals surface area (Å²) in [6.45, 7) is 7.41. The molecule has 6 heteroatoms. The Labute approximate surface area is 213 Å². The average molecular weight is 492 g/mol. The van der Waals surface area contributed by atoms with Crippen LogP contribution in [0.15, 0.2) is 48.5 Å². The molecule has 0 spiro atoms. The van der Waals surface area contributed by atoms with Gasteiger partial charge in [0.2, 0.25) is 11.8 Å². The van der Waals surface area contributed by atoms with E-state index >= 15 is 0 Å². The Kier molecular flexibility index (Phi) is 7.42. The van der Waals surface area contributed by atoms with Gasteiger partial charge in [0.1, 0.15) is 6.17 Å². The van der Waals surface area contributed by atoms with Crippen molar-refractivity contribution >= 4 is 17.5 Å². The van der Waals surface area contributed by atoms with E-state index in [0.717, 1.165) is 43.0 Å². The first-order valence-corrected chi connectivity index (χ1v) is 13.6. The number of anilines is 1. The summed E-state index contributed by atoms with van der Waals surface area (Å²) in [7, 11) is 0. The van der Waals surface area contributed by atoms with Crippen molar-refractivity contribution in [2.24, 2.45) is 17.8 Å². The molecular formula is C30H38FN3O2. The molecule has 3 unspecified atom stereocenters. The lowest BCUT2D eigenvalue weighted by Crippen LogP contribution is -2.39. The monoisotopic (exact) mass is 491 g/mol. The first kappa shape index (κ1) is 24.9. The van der Waals surface area contributed by atoms with E-state index < -0.39 is 18.1 Å². The van der Waals surface area contributed by atoms with E-state index in [4.69, 9.17) is 0 Å². The fourth-order valence-electron chi connectivity index (χ4n) is 5.24. The van der Waals surface area contributed by atoms with Gasteiger partial charge in [0, 0.05) is 23.7 Å². The van der Waals surface area contributed by atoms with E-state index in [1.54, 1.807) is 0 Å². The van der Waals surface area contributed by atoms with Gasteiger partial charge in [-0.1, -0.05) is 56.3 Å². The third-order valence-electron chi connectivity index (χ3n) is 7.97. The van der Waals surface area contributed by atoms with Crippen molar-refractivity contribution in [3.8, 4) is 0 Å². The number of likely N-dealkylation sites (tertiary alicyclic amines) is 1. The lowest BCUT2D eigenvalue weighted by molar-refractivity contribution is -0.123. The topological polar surface area (TPSA) is 61.4 Å². The molecule has 1 aliphatic heterocycles. The quantitative estimate of drug-likeness (QED) is 0.491. The highest BCUT2D eigenvalue weighted by atomic mass is 19.1. The van der Waals surface area contributed by atoms with Crippen molar-refractivity contribution in [3.05, 3.63) is 65.2 Å². The van der Waals surface area contributed by atoms with Crippen LogP contribution in [0.25, 0.3) is 0 Å². The minimum absolute atomic E-state index is 0.00867. The number of piperidine rings is 1. The van der Waals surface area contributed by atoms with Gasteiger partial charge >= 0.3 is 0 Å². The Bertz CT molecular complexity index is 1070. The van der Waals surface area contributed by atoms with Crippen molar-refractivity contribution < 1.29 is 14.0 Å². The van der Waals surface area contributed by atoms with Crippen LogP contribution in [0.2, 0.25) is 0 Å². The normalized spacial score (nSPS) is 23.3. The van der Waals surface area contributed by atoms with E-state index in [-0.39, 0.29) is 24.2 Å². The van der Waals surface area contributed by atoms with Gasteiger partial charge in [-0.2, -0.15) is 0 Å². The van der Waals surface area contributed by atoms with Crippen molar-refractivity contribution in [1.29, 1.82) is 0 Å². The number of hydrogen-bond acceptors (Lipinski definition) is 3. The second kappa shape index (κ2) is 10.7. The molecule has 5 rings (SSSR count). The highest BCUT2D eigenvalue weighted by Gasteiger charge is 2.44. The maximum absolute atomic E-state index is 13.7. The molecule has 3 aliphatic rings. The van der Waals surface area contributed by atoms with Crippen LogP contribution in [-0.2, 0) is 9.59 Å². The van der Waals surface area contributed by atoms with Crippen molar-refractivity contribution in [2.75, 3.05) is 25.0 Å². The van der Waals surface area contributed by atoms with E-state index in [2.05, 4.69) is 41.5 Å². The van der Waals surface area contributed by atoms with Crippen LogP contribution in [-0.4, -0.2) is 42.5 Å². The predicted octanol–water partition coefficient (Wildman–Crippen LogP) is 5.43. The maximum Gasteiger partial charge on any atom is 0.227 e. The molecule has 2 aromatic carbocycles. The zero-order chi connectivity index (χ0) is 25.2. The number of nitrogens with zero attached hydrogens (tertiary/aromatic N) is 1. The van der Waals surface area contributed by atoms with Gasteiger partial charge in [-0.15, -0.1) is 0 Å². The molecule has 36 heavy (non-hydrogen) atoms. The fraction of sp³-hybridized carbons (Fsp3) is 0.533. The minimum atomic E-state index is -1.06. The number of halogens is 1. The number of carbonyl (C=O) groups is 2. The smallest absolute Gasteiger partial charge is 0.227 e. The second-order valence-corrected chi connectivity index (χ2v) is 11.2. The number of alkyl halides is 1. The SMILES string of the molecule is CC(C)c1ccc(C(NC(=O)C2CC2F)c2ccccc2NC(=O)C2CCN(CC3CC3)CC2)cc1. The summed E-state index contributed by atoms with van der Waals surface area (Å²) in [6, 6.07) is 15.4. The number of carbonyl (C=O) groups excluding carboxylic acids is 2. The Morgan fingerprint density at radius 3 is 2.19 bits per heavy atom. The molecule has 3 fully saturated rings. The highest BCUT2D eigenvalue weighted by Crippen LogP contribution is 2.37. The molecule has 2 saturated carbocycles. The summed E-state index contributed by atoms with van der Waals surface area (Å²) in [5, 5.41) is 6.25. The first-order valence-electron chi connectivity index (χ1n) is 13.6. The summed E-state index contributed by atoms with van der Waals surface area (Å²) < 4.78 is 13.7. The highest BCUT2D eigenvalue weighted by molar-refractivity contribution is 5.93. The number of hydrogen-bond donors (Lipinski definition) is 2. The molecule has 2 amide bonds. The van der Waals surface area contributed by atoms with Gasteiger partial charge in [0.15, 0.2) is 0 Å². The van der Waals surface area contributed by atoms with E-state index in [9.17, 15) is 14.0 Å². The van der Waals surface area contributed by atoms with Crippen molar-refractivity contribution in [2.45, 2.75) is 64.1 Å². The lowest BCUT2D eigenvalue weighted by Gasteiger charge is -2.31. The molecule has 2 aromatic rings. The Morgan fingerprint density at radius 1 is 0.944 bits per heavy atom. The lowest BCUT2D eigenvalue weighted by atomic mass is 9.93. The summed E-state index contributed by atoms with van der Waals surface area (Å²) in [6.07, 6.45) is 3.66. The molecule has 3 atom stereocenters. The van der Waals surface area contributed by atoms with Crippen LogP contribution >= 0.6 is 0 Å². The molecule has 192 valence electrons.